The van der Waals surface area contributed by atoms with Crippen LogP contribution in [0.4, 0.5) is 0 Å². The summed E-state index contributed by atoms with van der Waals surface area (Å²) in [7, 11) is 0. The van der Waals surface area contributed by atoms with Crippen LogP contribution in [-0.4, -0.2) is 23.5 Å². The van der Waals surface area contributed by atoms with E-state index in [1.54, 1.807) is 0 Å². The van der Waals surface area contributed by atoms with Gasteiger partial charge in [0.05, 0.1) is 0 Å². The van der Waals surface area contributed by atoms with Gasteiger partial charge in [-0.25, -0.2) is 0 Å². The van der Waals surface area contributed by atoms with E-state index >= 15 is 0 Å². The zero-order valence-electron chi connectivity index (χ0n) is 12.7. The third-order valence-electron chi connectivity index (χ3n) is 3.70. The Bertz CT molecular complexity index is 365. The van der Waals surface area contributed by atoms with Gasteiger partial charge in [0.25, 0.3) is 0 Å². The second-order valence-corrected chi connectivity index (χ2v) is 6.05. The number of hydrogen-bond acceptors (Lipinski definition) is 2. The molecular formula is C17H28N2. The van der Waals surface area contributed by atoms with E-state index in [1.807, 2.05) is 0 Å². The third kappa shape index (κ3) is 4.96. The fourth-order valence-electron chi connectivity index (χ4n) is 2.44. The van der Waals surface area contributed by atoms with Crippen molar-refractivity contribution in [3.05, 3.63) is 35.4 Å². The van der Waals surface area contributed by atoms with Crippen molar-refractivity contribution in [3.63, 3.8) is 0 Å². The summed E-state index contributed by atoms with van der Waals surface area (Å²) in [6, 6.07) is 10.5. The lowest BCUT2D eigenvalue weighted by Gasteiger charge is -2.21. The van der Waals surface area contributed by atoms with Crippen molar-refractivity contribution in [2.45, 2.75) is 65.2 Å². The highest BCUT2D eigenvalue weighted by Crippen LogP contribution is 2.28. The molecule has 0 saturated heterocycles. The Labute approximate surface area is 118 Å². The van der Waals surface area contributed by atoms with E-state index in [4.69, 9.17) is 0 Å². The summed E-state index contributed by atoms with van der Waals surface area (Å²) in [4.78, 5) is 2.64. The molecule has 1 aliphatic rings. The van der Waals surface area contributed by atoms with Crippen LogP contribution in [-0.2, 0) is 13.1 Å². The van der Waals surface area contributed by atoms with Gasteiger partial charge in [-0.1, -0.05) is 45.0 Å². The standard InChI is InChI=1S/C17H28N2/c1-4-11-19(17-9-10-17)13-16-7-5-15(6-8-16)12-18-14(2)3/h5-8,14,17-18H,4,9-13H2,1-3H3. The van der Waals surface area contributed by atoms with Crippen LogP contribution in [0.5, 0.6) is 0 Å². The van der Waals surface area contributed by atoms with Gasteiger partial charge in [-0.05, 0) is 36.9 Å². The first kappa shape index (κ1) is 14.5. The van der Waals surface area contributed by atoms with Crippen LogP contribution in [0.1, 0.15) is 51.2 Å². The zero-order valence-corrected chi connectivity index (χ0v) is 12.7. The van der Waals surface area contributed by atoms with Crippen molar-refractivity contribution in [2.75, 3.05) is 6.54 Å². The highest BCUT2D eigenvalue weighted by atomic mass is 15.2. The van der Waals surface area contributed by atoms with E-state index in [0.29, 0.717) is 6.04 Å². The molecule has 0 unspecified atom stereocenters. The first-order valence-electron chi connectivity index (χ1n) is 7.74. The van der Waals surface area contributed by atoms with Crippen molar-refractivity contribution >= 4 is 0 Å². The van der Waals surface area contributed by atoms with Crippen molar-refractivity contribution in [2.24, 2.45) is 0 Å². The predicted molar refractivity (Wildman–Crippen MR) is 82.1 cm³/mol. The molecular weight excluding hydrogens is 232 g/mol. The Kier molecular flexibility index (Phi) is 5.41. The molecule has 0 aromatic heterocycles. The predicted octanol–water partition coefficient (Wildman–Crippen LogP) is 3.56. The fourth-order valence-corrected chi connectivity index (χ4v) is 2.44. The van der Waals surface area contributed by atoms with Crippen LogP contribution in [0.25, 0.3) is 0 Å². The van der Waals surface area contributed by atoms with Crippen molar-refractivity contribution in [3.8, 4) is 0 Å². The molecule has 1 aromatic rings. The van der Waals surface area contributed by atoms with E-state index in [-0.39, 0.29) is 0 Å². The minimum Gasteiger partial charge on any atom is -0.310 e. The largest absolute Gasteiger partial charge is 0.310 e. The Hall–Kier alpha value is -0.860. The number of nitrogens with zero attached hydrogens (tertiary/aromatic N) is 1. The maximum absolute atomic E-state index is 3.46. The Morgan fingerprint density at radius 3 is 2.32 bits per heavy atom. The van der Waals surface area contributed by atoms with Crippen LogP contribution >= 0.6 is 0 Å². The summed E-state index contributed by atoms with van der Waals surface area (Å²) in [5.41, 5.74) is 2.83. The monoisotopic (exact) mass is 260 g/mol. The normalized spacial score (nSPS) is 15.4. The Balaban J connectivity index is 1.86. The molecule has 1 saturated carbocycles. The second kappa shape index (κ2) is 7.06. The summed E-state index contributed by atoms with van der Waals surface area (Å²) < 4.78 is 0. The number of benzene rings is 1. The summed E-state index contributed by atoms with van der Waals surface area (Å²) in [5.74, 6) is 0. The van der Waals surface area contributed by atoms with E-state index in [0.717, 1.165) is 19.1 Å². The molecule has 0 radical (unpaired) electrons. The summed E-state index contributed by atoms with van der Waals surface area (Å²) in [5, 5.41) is 3.46. The molecule has 1 aromatic carbocycles. The maximum atomic E-state index is 3.46. The van der Waals surface area contributed by atoms with Gasteiger partial charge in [-0.3, -0.25) is 4.90 Å². The smallest absolute Gasteiger partial charge is 0.0236 e. The van der Waals surface area contributed by atoms with Crippen LogP contribution in [0.2, 0.25) is 0 Å². The molecule has 1 N–H and O–H groups in total. The molecule has 2 rings (SSSR count). The summed E-state index contributed by atoms with van der Waals surface area (Å²) in [6.07, 6.45) is 4.06. The molecule has 19 heavy (non-hydrogen) atoms. The lowest BCUT2D eigenvalue weighted by Crippen LogP contribution is -2.26. The van der Waals surface area contributed by atoms with E-state index < -0.39 is 0 Å². The van der Waals surface area contributed by atoms with Crippen LogP contribution in [0.15, 0.2) is 24.3 Å². The minimum atomic E-state index is 0.551. The molecule has 1 aliphatic carbocycles. The first-order valence-corrected chi connectivity index (χ1v) is 7.74. The quantitative estimate of drug-likeness (QED) is 0.769. The SMILES string of the molecule is CCCN(Cc1ccc(CNC(C)C)cc1)C1CC1. The van der Waals surface area contributed by atoms with Crippen molar-refractivity contribution < 1.29 is 0 Å². The highest BCUT2D eigenvalue weighted by molar-refractivity contribution is 5.22. The van der Waals surface area contributed by atoms with Crippen LogP contribution in [0.3, 0.4) is 0 Å². The molecule has 2 heteroatoms. The Morgan fingerprint density at radius 2 is 1.79 bits per heavy atom. The lowest BCUT2D eigenvalue weighted by atomic mass is 10.1. The highest BCUT2D eigenvalue weighted by Gasteiger charge is 2.27. The molecule has 0 atom stereocenters. The molecule has 0 spiro atoms. The molecule has 106 valence electrons. The number of rotatable bonds is 8. The molecule has 1 fully saturated rings. The van der Waals surface area contributed by atoms with E-state index in [1.165, 1.54) is 36.9 Å². The van der Waals surface area contributed by atoms with Gasteiger partial charge in [0.1, 0.15) is 0 Å². The maximum Gasteiger partial charge on any atom is 0.0236 e. The van der Waals surface area contributed by atoms with Gasteiger partial charge < -0.3 is 5.32 Å². The number of nitrogens with one attached hydrogen (secondary N) is 1. The second-order valence-electron chi connectivity index (χ2n) is 6.05. The first-order chi connectivity index (χ1) is 9.19. The van der Waals surface area contributed by atoms with Gasteiger partial charge >= 0.3 is 0 Å². The molecule has 0 heterocycles. The van der Waals surface area contributed by atoms with Crippen molar-refractivity contribution in [1.29, 1.82) is 0 Å². The van der Waals surface area contributed by atoms with Gasteiger partial charge in [-0.2, -0.15) is 0 Å². The van der Waals surface area contributed by atoms with E-state index in [9.17, 15) is 0 Å². The lowest BCUT2D eigenvalue weighted by molar-refractivity contribution is 0.255. The fraction of sp³-hybridized carbons (Fsp3) is 0.647. The van der Waals surface area contributed by atoms with Crippen LogP contribution < -0.4 is 5.32 Å². The average molecular weight is 260 g/mol. The van der Waals surface area contributed by atoms with Crippen molar-refractivity contribution in [1.82, 2.24) is 10.2 Å². The van der Waals surface area contributed by atoms with Gasteiger partial charge in [0.15, 0.2) is 0 Å². The molecule has 0 amide bonds. The topological polar surface area (TPSA) is 15.3 Å². The summed E-state index contributed by atoms with van der Waals surface area (Å²) in [6.45, 7) is 9.98. The molecule has 2 nitrogen and oxygen atoms in total. The van der Waals surface area contributed by atoms with E-state index in [2.05, 4.69) is 55.3 Å². The van der Waals surface area contributed by atoms with Crippen LogP contribution in [0, 0.1) is 0 Å². The minimum absolute atomic E-state index is 0.551. The molecule has 0 bridgehead atoms. The Morgan fingerprint density at radius 1 is 1.16 bits per heavy atom. The van der Waals surface area contributed by atoms with Gasteiger partial charge in [-0.15, -0.1) is 0 Å². The average Bonchev–Trinajstić information content (AvgIpc) is 3.21. The number of hydrogen-bond donors (Lipinski definition) is 1. The molecule has 0 aliphatic heterocycles. The third-order valence-corrected chi connectivity index (χ3v) is 3.70. The zero-order chi connectivity index (χ0) is 13.7. The summed E-state index contributed by atoms with van der Waals surface area (Å²) >= 11 is 0. The van der Waals surface area contributed by atoms with Gasteiger partial charge in [0.2, 0.25) is 0 Å². The van der Waals surface area contributed by atoms with Gasteiger partial charge in [0, 0.05) is 25.2 Å².